The summed E-state index contributed by atoms with van der Waals surface area (Å²) in [5.41, 5.74) is 2.57. The Balaban J connectivity index is 2.04. The maximum atomic E-state index is 4.14. The molecule has 1 N–H and O–H groups in total. The van der Waals surface area contributed by atoms with Gasteiger partial charge in [0.25, 0.3) is 0 Å². The van der Waals surface area contributed by atoms with Crippen LogP contribution in [0.4, 0.5) is 0 Å². The van der Waals surface area contributed by atoms with Crippen LogP contribution in [0.1, 0.15) is 31.0 Å². The minimum Gasteiger partial charge on any atom is -0.306 e. The molecular weight excluding hydrogens is 220 g/mol. The van der Waals surface area contributed by atoms with Gasteiger partial charge in [-0.2, -0.15) is 0 Å². The van der Waals surface area contributed by atoms with Gasteiger partial charge in [-0.3, -0.25) is 4.98 Å². The Morgan fingerprint density at radius 3 is 2.44 bits per heavy atom. The Morgan fingerprint density at radius 1 is 1.06 bits per heavy atom. The van der Waals surface area contributed by atoms with Crippen LogP contribution in [0.15, 0.2) is 54.9 Å². The van der Waals surface area contributed by atoms with Gasteiger partial charge < -0.3 is 5.32 Å². The molecule has 0 saturated heterocycles. The molecular formula is C16H20N2. The fraction of sp³-hybridized carbons (Fsp3) is 0.312. The van der Waals surface area contributed by atoms with Crippen LogP contribution in [0.5, 0.6) is 0 Å². The van der Waals surface area contributed by atoms with Crippen LogP contribution in [-0.4, -0.2) is 4.98 Å². The van der Waals surface area contributed by atoms with Crippen LogP contribution in [0.2, 0.25) is 0 Å². The molecule has 0 bridgehead atoms. The molecule has 1 aromatic heterocycles. The molecule has 2 aromatic rings. The SMILES string of the molecule is CC(C)C(NCc1cccnc1)c1ccccc1. The van der Waals surface area contributed by atoms with Crippen molar-refractivity contribution in [3.63, 3.8) is 0 Å². The third kappa shape index (κ3) is 3.41. The smallest absolute Gasteiger partial charge is 0.0346 e. The van der Waals surface area contributed by atoms with E-state index in [9.17, 15) is 0 Å². The minimum absolute atomic E-state index is 0.381. The molecule has 1 atom stereocenters. The molecule has 0 amide bonds. The molecule has 0 fully saturated rings. The fourth-order valence-electron chi connectivity index (χ4n) is 2.13. The number of benzene rings is 1. The van der Waals surface area contributed by atoms with Gasteiger partial charge >= 0.3 is 0 Å². The van der Waals surface area contributed by atoms with E-state index in [4.69, 9.17) is 0 Å². The summed E-state index contributed by atoms with van der Waals surface area (Å²) in [5, 5.41) is 3.61. The predicted molar refractivity (Wildman–Crippen MR) is 75.1 cm³/mol. The van der Waals surface area contributed by atoms with Gasteiger partial charge in [-0.1, -0.05) is 50.2 Å². The van der Waals surface area contributed by atoms with Crippen molar-refractivity contribution in [2.24, 2.45) is 5.92 Å². The number of hydrogen-bond donors (Lipinski definition) is 1. The Hall–Kier alpha value is -1.67. The van der Waals surface area contributed by atoms with Crippen LogP contribution in [0.3, 0.4) is 0 Å². The van der Waals surface area contributed by atoms with Crippen molar-refractivity contribution in [1.82, 2.24) is 10.3 Å². The average molecular weight is 240 g/mol. The Bertz CT molecular complexity index is 451. The quantitative estimate of drug-likeness (QED) is 0.864. The van der Waals surface area contributed by atoms with E-state index in [1.54, 1.807) is 6.20 Å². The van der Waals surface area contributed by atoms with E-state index in [0.29, 0.717) is 12.0 Å². The number of hydrogen-bond acceptors (Lipinski definition) is 2. The van der Waals surface area contributed by atoms with E-state index in [1.165, 1.54) is 11.1 Å². The highest BCUT2D eigenvalue weighted by atomic mass is 14.9. The van der Waals surface area contributed by atoms with E-state index in [2.05, 4.69) is 60.5 Å². The summed E-state index contributed by atoms with van der Waals surface area (Å²) in [4.78, 5) is 4.14. The highest BCUT2D eigenvalue weighted by molar-refractivity contribution is 5.20. The molecule has 0 aliphatic rings. The lowest BCUT2D eigenvalue weighted by Crippen LogP contribution is -2.25. The van der Waals surface area contributed by atoms with E-state index < -0.39 is 0 Å². The van der Waals surface area contributed by atoms with Gasteiger partial charge in [0.1, 0.15) is 0 Å². The number of rotatable bonds is 5. The van der Waals surface area contributed by atoms with Gasteiger partial charge in [-0.05, 0) is 23.1 Å². The lowest BCUT2D eigenvalue weighted by Gasteiger charge is -2.23. The summed E-state index contributed by atoms with van der Waals surface area (Å²) in [6.07, 6.45) is 3.72. The monoisotopic (exact) mass is 240 g/mol. The van der Waals surface area contributed by atoms with Gasteiger partial charge in [-0.15, -0.1) is 0 Å². The maximum absolute atomic E-state index is 4.14. The summed E-state index contributed by atoms with van der Waals surface area (Å²) in [7, 11) is 0. The zero-order chi connectivity index (χ0) is 12.8. The molecule has 0 radical (unpaired) electrons. The van der Waals surface area contributed by atoms with Gasteiger partial charge in [-0.25, -0.2) is 0 Å². The highest BCUT2D eigenvalue weighted by Crippen LogP contribution is 2.21. The molecule has 2 rings (SSSR count). The van der Waals surface area contributed by atoms with Crippen molar-refractivity contribution < 1.29 is 0 Å². The Morgan fingerprint density at radius 2 is 1.83 bits per heavy atom. The molecule has 18 heavy (non-hydrogen) atoms. The summed E-state index contributed by atoms with van der Waals surface area (Å²) < 4.78 is 0. The van der Waals surface area contributed by atoms with Crippen LogP contribution >= 0.6 is 0 Å². The second-order valence-corrected chi connectivity index (χ2v) is 4.87. The van der Waals surface area contributed by atoms with Crippen molar-refractivity contribution in [2.45, 2.75) is 26.4 Å². The molecule has 1 heterocycles. The maximum Gasteiger partial charge on any atom is 0.0346 e. The van der Waals surface area contributed by atoms with Crippen molar-refractivity contribution in [1.29, 1.82) is 0 Å². The van der Waals surface area contributed by atoms with Crippen molar-refractivity contribution in [3.8, 4) is 0 Å². The zero-order valence-corrected chi connectivity index (χ0v) is 11.0. The molecule has 1 aromatic carbocycles. The van der Waals surface area contributed by atoms with E-state index >= 15 is 0 Å². The standard InChI is InChI=1S/C16H20N2/c1-13(2)16(15-8-4-3-5-9-15)18-12-14-7-6-10-17-11-14/h3-11,13,16,18H,12H2,1-2H3. The molecule has 0 saturated carbocycles. The first-order valence-electron chi connectivity index (χ1n) is 6.44. The van der Waals surface area contributed by atoms with Gasteiger partial charge in [0, 0.05) is 25.0 Å². The number of nitrogens with zero attached hydrogens (tertiary/aromatic N) is 1. The number of pyridine rings is 1. The molecule has 0 spiro atoms. The van der Waals surface area contributed by atoms with Crippen LogP contribution in [0, 0.1) is 5.92 Å². The topological polar surface area (TPSA) is 24.9 Å². The summed E-state index contributed by atoms with van der Waals surface area (Å²) >= 11 is 0. The number of nitrogens with one attached hydrogen (secondary N) is 1. The largest absolute Gasteiger partial charge is 0.306 e. The molecule has 2 nitrogen and oxygen atoms in total. The predicted octanol–water partition coefficient (Wildman–Crippen LogP) is 3.57. The number of aromatic nitrogens is 1. The average Bonchev–Trinajstić information content (AvgIpc) is 2.41. The second kappa shape index (κ2) is 6.31. The summed E-state index contributed by atoms with van der Waals surface area (Å²) in [6, 6.07) is 15.1. The molecule has 0 aliphatic carbocycles. The highest BCUT2D eigenvalue weighted by Gasteiger charge is 2.14. The normalized spacial score (nSPS) is 12.6. The van der Waals surface area contributed by atoms with Crippen molar-refractivity contribution >= 4 is 0 Å². The Labute approximate surface area is 109 Å². The summed E-state index contributed by atoms with van der Waals surface area (Å²) in [6.45, 7) is 5.34. The zero-order valence-electron chi connectivity index (χ0n) is 11.0. The Kier molecular flexibility index (Phi) is 4.48. The second-order valence-electron chi connectivity index (χ2n) is 4.87. The molecule has 94 valence electrons. The van der Waals surface area contributed by atoms with Gasteiger partial charge in [0.15, 0.2) is 0 Å². The molecule has 2 heteroatoms. The molecule has 0 aliphatic heterocycles. The third-order valence-electron chi connectivity index (χ3n) is 3.07. The van der Waals surface area contributed by atoms with Crippen LogP contribution in [-0.2, 0) is 6.54 Å². The van der Waals surface area contributed by atoms with E-state index in [-0.39, 0.29) is 0 Å². The first-order chi connectivity index (χ1) is 8.77. The van der Waals surface area contributed by atoms with E-state index in [1.807, 2.05) is 12.3 Å². The lowest BCUT2D eigenvalue weighted by atomic mass is 9.96. The van der Waals surface area contributed by atoms with Gasteiger partial charge in [0.2, 0.25) is 0 Å². The minimum atomic E-state index is 0.381. The fourth-order valence-corrected chi connectivity index (χ4v) is 2.13. The lowest BCUT2D eigenvalue weighted by molar-refractivity contribution is 0.410. The van der Waals surface area contributed by atoms with Crippen molar-refractivity contribution in [3.05, 3.63) is 66.0 Å². The van der Waals surface area contributed by atoms with E-state index in [0.717, 1.165) is 6.54 Å². The summed E-state index contributed by atoms with van der Waals surface area (Å²) in [5.74, 6) is 0.559. The molecule has 1 unspecified atom stereocenters. The first kappa shape index (κ1) is 12.8. The van der Waals surface area contributed by atoms with Gasteiger partial charge in [0.05, 0.1) is 0 Å². The van der Waals surface area contributed by atoms with Crippen LogP contribution in [0.25, 0.3) is 0 Å². The third-order valence-corrected chi connectivity index (χ3v) is 3.07. The first-order valence-corrected chi connectivity index (χ1v) is 6.44. The van der Waals surface area contributed by atoms with Crippen LogP contribution < -0.4 is 5.32 Å². The van der Waals surface area contributed by atoms with Crippen molar-refractivity contribution in [2.75, 3.05) is 0 Å².